The predicted molar refractivity (Wildman–Crippen MR) is 121 cm³/mol. The SMILES string of the molecule is CC[C@@]1(c2ccc(NC(=O)C(C)(C)CN3CCn4ccnc4C3)cc2)CCC(=O)NC1=O. The normalized spacial score (nSPS) is 21.7. The Morgan fingerprint density at radius 1 is 1.22 bits per heavy atom. The molecule has 8 nitrogen and oxygen atoms in total. The van der Waals surface area contributed by atoms with E-state index in [1.165, 1.54) is 0 Å². The summed E-state index contributed by atoms with van der Waals surface area (Å²) in [5.41, 5.74) is 0.280. The van der Waals surface area contributed by atoms with Crippen molar-refractivity contribution in [3.05, 3.63) is 48.0 Å². The molecule has 0 unspecified atom stereocenters. The topological polar surface area (TPSA) is 96.3 Å². The van der Waals surface area contributed by atoms with Crippen LogP contribution < -0.4 is 10.6 Å². The van der Waals surface area contributed by atoms with Crippen molar-refractivity contribution in [2.45, 2.75) is 58.5 Å². The van der Waals surface area contributed by atoms with E-state index in [9.17, 15) is 14.4 Å². The Labute approximate surface area is 188 Å². The lowest BCUT2D eigenvalue weighted by Crippen LogP contribution is -2.51. The third-order valence-electron chi connectivity index (χ3n) is 6.82. The van der Waals surface area contributed by atoms with Crippen LogP contribution in [0, 0.1) is 5.41 Å². The van der Waals surface area contributed by atoms with Gasteiger partial charge < -0.3 is 9.88 Å². The van der Waals surface area contributed by atoms with E-state index in [1.807, 2.05) is 57.4 Å². The van der Waals surface area contributed by atoms with Gasteiger partial charge in [0.2, 0.25) is 17.7 Å². The molecule has 1 aromatic heterocycles. The average Bonchev–Trinajstić information content (AvgIpc) is 3.22. The molecule has 32 heavy (non-hydrogen) atoms. The molecule has 4 rings (SSSR count). The van der Waals surface area contributed by atoms with Crippen LogP contribution in [0.2, 0.25) is 0 Å². The number of rotatable bonds is 6. The van der Waals surface area contributed by atoms with E-state index < -0.39 is 10.8 Å². The number of imidazole rings is 1. The highest BCUT2D eigenvalue weighted by molar-refractivity contribution is 6.03. The molecule has 1 fully saturated rings. The molecular weight excluding hydrogens is 406 g/mol. The van der Waals surface area contributed by atoms with Gasteiger partial charge >= 0.3 is 0 Å². The van der Waals surface area contributed by atoms with Crippen LogP contribution in [-0.2, 0) is 32.9 Å². The monoisotopic (exact) mass is 437 g/mol. The minimum atomic E-state index is -0.699. The van der Waals surface area contributed by atoms with E-state index in [2.05, 4.69) is 25.1 Å². The van der Waals surface area contributed by atoms with Gasteiger partial charge in [0.15, 0.2) is 0 Å². The lowest BCUT2D eigenvalue weighted by Gasteiger charge is -2.35. The second-order valence-electron chi connectivity index (χ2n) is 9.48. The first-order chi connectivity index (χ1) is 15.2. The largest absolute Gasteiger partial charge is 0.333 e. The molecule has 3 heterocycles. The summed E-state index contributed by atoms with van der Waals surface area (Å²) in [7, 11) is 0. The van der Waals surface area contributed by atoms with Crippen LogP contribution in [0.1, 0.15) is 51.4 Å². The second-order valence-corrected chi connectivity index (χ2v) is 9.48. The van der Waals surface area contributed by atoms with Gasteiger partial charge in [-0.15, -0.1) is 0 Å². The molecule has 170 valence electrons. The van der Waals surface area contributed by atoms with Crippen molar-refractivity contribution in [3.63, 3.8) is 0 Å². The first-order valence-electron chi connectivity index (χ1n) is 11.2. The minimum absolute atomic E-state index is 0.0506. The maximum Gasteiger partial charge on any atom is 0.237 e. The van der Waals surface area contributed by atoms with Crippen molar-refractivity contribution in [1.29, 1.82) is 0 Å². The fourth-order valence-electron chi connectivity index (χ4n) is 4.73. The maximum absolute atomic E-state index is 13.0. The third kappa shape index (κ3) is 4.19. The lowest BCUT2D eigenvalue weighted by atomic mass is 9.72. The molecule has 0 spiro atoms. The predicted octanol–water partition coefficient (Wildman–Crippen LogP) is 2.45. The Bertz CT molecular complexity index is 1030. The summed E-state index contributed by atoms with van der Waals surface area (Å²) in [6.45, 7) is 9.01. The number of aromatic nitrogens is 2. The summed E-state index contributed by atoms with van der Waals surface area (Å²) in [6, 6.07) is 7.43. The minimum Gasteiger partial charge on any atom is -0.333 e. The number of carbonyl (C=O) groups excluding carboxylic acids is 3. The number of hydrogen-bond donors (Lipinski definition) is 2. The molecule has 8 heteroatoms. The maximum atomic E-state index is 13.0. The number of benzene rings is 1. The highest BCUT2D eigenvalue weighted by Crippen LogP contribution is 2.36. The summed E-state index contributed by atoms with van der Waals surface area (Å²) < 4.78 is 2.15. The highest BCUT2D eigenvalue weighted by Gasteiger charge is 2.42. The highest BCUT2D eigenvalue weighted by atomic mass is 16.2. The van der Waals surface area contributed by atoms with Crippen LogP contribution >= 0.6 is 0 Å². The number of anilines is 1. The van der Waals surface area contributed by atoms with Crippen LogP contribution in [0.25, 0.3) is 0 Å². The second kappa shape index (κ2) is 8.50. The number of nitrogens with zero attached hydrogens (tertiary/aromatic N) is 3. The van der Waals surface area contributed by atoms with E-state index >= 15 is 0 Å². The zero-order valence-electron chi connectivity index (χ0n) is 19.0. The van der Waals surface area contributed by atoms with Crippen molar-refractivity contribution in [2.75, 3.05) is 18.4 Å². The number of nitrogens with one attached hydrogen (secondary N) is 2. The standard InChI is InChI=1S/C24H31N5O3/c1-4-24(10-9-20(30)27-22(24)32)17-5-7-18(8-6-17)26-21(31)23(2,3)16-28-13-14-29-12-11-25-19(29)15-28/h5-8,11-12H,4,9-10,13-16H2,1-3H3,(H,26,31)(H,27,30,32)/t24-/m0/s1. The van der Waals surface area contributed by atoms with Gasteiger partial charge in [-0.05, 0) is 44.4 Å². The molecular formula is C24H31N5O3. The average molecular weight is 438 g/mol. The first kappa shape index (κ1) is 22.2. The Balaban J connectivity index is 1.41. The van der Waals surface area contributed by atoms with Gasteiger partial charge in [-0.1, -0.05) is 19.1 Å². The van der Waals surface area contributed by atoms with Gasteiger partial charge in [0.05, 0.1) is 17.4 Å². The van der Waals surface area contributed by atoms with Gasteiger partial charge in [-0.25, -0.2) is 4.98 Å². The van der Waals surface area contributed by atoms with Crippen molar-refractivity contribution >= 4 is 23.4 Å². The van der Waals surface area contributed by atoms with Crippen LogP contribution in [0.5, 0.6) is 0 Å². The van der Waals surface area contributed by atoms with E-state index in [0.29, 0.717) is 31.5 Å². The zero-order valence-corrected chi connectivity index (χ0v) is 19.0. The van der Waals surface area contributed by atoms with Crippen LogP contribution in [0.3, 0.4) is 0 Å². The van der Waals surface area contributed by atoms with Gasteiger partial charge in [0.25, 0.3) is 0 Å². The number of imide groups is 1. The molecule has 0 aliphatic carbocycles. The number of amides is 3. The van der Waals surface area contributed by atoms with Crippen molar-refractivity contribution < 1.29 is 14.4 Å². The van der Waals surface area contributed by atoms with Crippen molar-refractivity contribution in [1.82, 2.24) is 19.8 Å². The fourth-order valence-corrected chi connectivity index (χ4v) is 4.73. The molecule has 1 atom stereocenters. The summed E-state index contributed by atoms with van der Waals surface area (Å²) in [5, 5.41) is 5.50. The number of piperidine rings is 1. The quantitative estimate of drug-likeness (QED) is 0.677. The molecule has 2 aliphatic rings. The third-order valence-corrected chi connectivity index (χ3v) is 6.82. The molecule has 2 aromatic rings. The van der Waals surface area contributed by atoms with Gasteiger partial charge in [-0.2, -0.15) is 0 Å². The molecule has 2 N–H and O–H groups in total. The Morgan fingerprint density at radius 2 is 1.97 bits per heavy atom. The lowest BCUT2D eigenvalue weighted by molar-refractivity contribution is -0.138. The van der Waals surface area contributed by atoms with Gasteiger partial charge in [0.1, 0.15) is 5.82 Å². The van der Waals surface area contributed by atoms with Crippen LogP contribution in [0.4, 0.5) is 5.69 Å². The number of fused-ring (bicyclic) bond motifs is 1. The fraction of sp³-hybridized carbons (Fsp3) is 0.500. The number of hydrogen-bond acceptors (Lipinski definition) is 5. The summed E-state index contributed by atoms with van der Waals surface area (Å²) in [6.07, 6.45) is 5.26. The first-order valence-corrected chi connectivity index (χ1v) is 11.2. The van der Waals surface area contributed by atoms with E-state index in [-0.39, 0.29) is 17.7 Å². The van der Waals surface area contributed by atoms with Crippen molar-refractivity contribution in [3.8, 4) is 0 Å². The molecule has 3 amide bonds. The summed E-state index contributed by atoms with van der Waals surface area (Å²) >= 11 is 0. The Hall–Kier alpha value is -3.00. The van der Waals surface area contributed by atoms with Gasteiger partial charge in [-0.3, -0.25) is 24.6 Å². The van der Waals surface area contributed by atoms with Crippen LogP contribution in [0.15, 0.2) is 36.7 Å². The van der Waals surface area contributed by atoms with E-state index in [4.69, 9.17) is 0 Å². The van der Waals surface area contributed by atoms with Gasteiger partial charge in [0, 0.05) is 44.1 Å². The molecule has 0 saturated carbocycles. The van der Waals surface area contributed by atoms with E-state index in [1.54, 1.807) is 0 Å². The Morgan fingerprint density at radius 3 is 2.66 bits per heavy atom. The molecule has 0 radical (unpaired) electrons. The molecule has 1 aromatic carbocycles. The summed E-state index contributed by atoms with van der Waals surface area (Å²) in [5.74, 6) is 0.519. The van der Waals surface area contributed by atoms with Crippen LogP contribution in [-0.4, -0.2) is 45.3 Å². The summed E-state index contributed by atoms with van der Waals surface area (Å²) in [4.78, 5) is 43.9. The number of carbonyl (C=O) groups is 3. The zero-order chi connectivity index (χ0) is 22.9. The van der Waals surface area contributed by atoms with Crippen molar-refractivity contribution in [2.24, 2.45) is 5.41 Å². The molecule has 1 saturated heterocycles. The molecule has 2 aliphatic heterocycles. The Kier molecular flexibility index (Phi) is 5.90. The smallest absolute Gasteiger partial charge is 0.237 e. The molecule has 0 bridgehead atoms. The van der Waals surface area contributed by atoms with E-state index in [0.717, 1.165) is 31.0 Å².